The maximum absolute atomic E-state index is 8.74. The number of nitriles is 1. The van der Waals surface area contributed by atoms with Gasteiger partial charge in [-0.15, -0.1) is 0 Å². The second-order valence-corrected chi connectivity index (χ2v) is 5.03. The number of aromatic nitrogens is 1. The van der Waals surface area contributed by atoms with E-state index >= 15 is 0 Å². The molecule has 1 aliphatic heterocycles. The van der Waals surface area contributed by atoms with E-state index < -0.39 is 7.12 Å². The molecule has 2 heterocycles. The summed E-state index contributed by atoms with van der Waals surface area (Å²) in [5, 5.41) is 8.74. The third-order valence-electron chi connectivity index (χ3n) is 3.34. The molecule has 5 heteroatoms. The van der Waals surface area contributed by atoms with Crippen LogP contribution in [-0.4, -0.2) is 23.3 Å². The fourth-order valence-electron chi connectivity index (χ4n) is 1.58. The molecule has 0 bridgehead atoms. The molecule has 0 spiro atoms. The number of nitrogens with one attached hydrogen (secondary N) is 1. The van der Waals surface area contributed by atoms with Gasteiger partial charge in [0.1, 0.15) is 11.8 Å². The van der Waals surface area contributed by atoms with Crippen LogP contribution in [-0.2, 0) is 9.31 Å². The number of aromatic amines is 1. The lowest BCUT2D eigenvalue weighted by Gasteiger charge is -2.32. The molecule has 0 amide bonds. The zero-order valence-corrected chi connectivity index (χ0v) is 10.00. The van der Waals surface area contributed by atoms with Crippen molar-refractivity contribution in [2.24, 2.45) is 0 Å². The van der Waals surface area contributed by atoms with E-state index in [-0.39, 0.29) is 11.2 Å². The largest absolute Gasteiger partial charge is 0.512 e. The fraction of sp³-hybridized carbons (Fsp3) is 0.545. The van der Waals surface area contributed by atoms with Crippen LogP contribution in [0.25, 0.3) is 0 Å². The van der Waals surface area contributed by atoms with Crippen LogP contribution in [0.2, 0.25) is 0 Å². The molecule has 0 aromatic carbocycles. The number of hydrogen-bond donors (Lipinski definition) is 1. The van der Waals surface area contributed by atoms with Crippen LogP contribution < -0.4 is 5.59 Å². The van der Waals surface area contributed by atoms with Crippen LogP contribution in [0.3, 0.4) is 0 Å². The van der Waals surface area contributed by atoms with Gasteiger partial charge in [0, 0.05) is 5.59 Å². The van der Waals surface area contributed by atoms with Gasteiger partial charge in [-0.2, -0.15) is 5.26 Å². The van der Waals surface area contributed by atoms with E-state index in [1.807, 2.05) is 39.8 Å². The number of H-pyrrole nitrogens is 1. The molecule has 4 nitrogen and oxygen atoms in total. The molecule has 0 saturated carbocycles. The summed E-state index contributed by atoms with van der Waals surface area (Å²) in [6.45, 7) is 8.00. The quantitative estimate of drug-likeness (QED) is 0.720. The molecular weight excluding hydrogens is 203 g/mol. The van der Waals surface area contributed by atoms with Crippen molar-refractivity contribution in [2.75, 3.05) is 0 Å². The molecule has 0 atom stereocenters. The minimum Gasteiger partial charge on any atom is -0.398 e. The number of nitrogens with zero attached hydrogens (tertiary/aromatic N) is 1. The van der Waals surface area contributed by atoms with Gasteiger partial charge >= 0.3 is 7.12 Å². The van der Waals surface area contributed by atoms with Crippen LogP contribution in [0.15, 0.2) is 12.1 Å². The van der Waals surface area contributed by atoms with Crippen molar-refractivity contribution >= 4 is 12.7 Å². The van der Waals surface area contributed by atoms with E-state index in [1.165, 1.54) is 0 Å². The van der Waals surface area contributed by atoms with Gasteiger partial charge in [0.2, 0.25) is 0 Å². The summed E-state index contributed by atoms with van der Waals surface area (Å²) in [5.41, 5.74) is 0.602. The Hall–Kier alpha value is -1.25. The molecule has 1 fully saturated rings. The summed E-state index contributed by atoms with van der Waals surface area (Å²) in [6, 6.07) is 5.59. The Balaban J connectivity index is 2.24. The average Bonchev–Trinajstić information content (AvgIpc) is 2.70. The van der Waals surface area contributed by atoms with Gasteiger partial charge in [-0.3, -0.25) is 0 Å². The highest BCUT2D eigenvalue weighted by Gasteiger charge is 2.52. The van der Waals surface area contributed by atoms with E-state index in [0.717, 1.165) is 5.59 Å². The Morgan fingerprint density at radius 1 is 1.19 bits per heavy atom. The van der Waals surface area contributed by atoms with Gasteiger partial charge in [0.25, 0.3) is 0 Å². The topological polar surface area (TPSA) is 58.0 Å². The predicted molar refractivity (Wildman–Crippen MR) is 61.2 cm³/mol. The molecule has 0 radical (unpaired) electrons. The van der Waals surface area contributed by atoms with E-state index in [4.69, 9.17) is 14.6 Å². The van der Waals surface area contributed by atoms with Gasteiger partial charge in [-0.25, -0.2) is 0 Å². The second-order valence-electron chi connectivity index (χ2n) is 5.03. The molecule has 84 valence electrons. The highest BCUT2D eigenvalue weighted by Crippen LogP contribution is 2.36. The molecule has 0 unspecified atom stereocenters. The minimum absolute atomic E-state index is 0.352. The highest BCUT2D eigenvalue weighted by atomic mass is 16.7. The number of hydrogen-bond acceptors (Lipinski definition) is 3. The molecule has 1 N–H and O–H groups in total. The van der Waals surface area contributed by atoms with E-state index in [2.05, 4.69) is 4.98 Å². The molecule has 1 saturated heterocycles. The lowest BCUT2D eigenvalue weighted by Crippen LogP contribution is -2.41. The van der Waals surface area contributed by atoms with Crippen molar-refractivity contribution in [3.05, 3.63) is 17.8 Å². The molecule has 1 aliphatic rings. The third kappa shape index (κ3) is 1.64. The summed E-state index contributed by atoms with van der Waals surface area (Å²) in [7, 11) is -0.424. The molecule has 0 aliphatic carbocycles. The summed E-state index contributed by atoms with van der Waals surface area (Å²) in [6.07, 6.45) is 0. The Morgan fingerprint density at radius 3 is 2.19 bits per heavy atom. The lowest BCUT2D eigenvalue weighted by atomic mass is 9.85. The van der Waals surface area contributed by atoms with Crippen molar-refractivity contribution in [3.8, 4) is 6.07 Å². The average molecular weight is 218 g/mol. The summed E-state index contributed by atoms with van der Waals surface area (Å²) in [5.74, 6) is 0. The monoisotopic (exact) mass is 218 g/mol. The predicted octanol–water partition coefficient (Wildman–Crippen LogP) is 1.19. The zero-order chi connectivity index (χ0) is 12.0. The Morgan fingerprint density at radius 2 is 1.75 bits per heavy atom. The van der Waals surface area contributed by atoms with Crippen LogP contribution >= 0.6 is 0 Å². The van der Waals surface area contributed by atoms with Gasteiger partial charge in [0.15, 0.2) is 0 Å². The van der Waals surface area contributed by atoms with Crippen molar-refractivity contribution in [1.29, 1.82) is 5.26 Å². The first-order valence-corrected chi connectivity index (χ1v) is 5.30. The molecule has 16 heavy (non-hydrogen) atoms. The molecule has 2 rings (SSSR count). The molecular formula is C11H15BN2O2. The Bertz CT molecular complexity index is 429. The third-order valence-corrected chi connectivity index (χ3v) is 3.34. The molecule has 1 aromatic heterocycles. The summed E-state index contributed by atoms with van der Waals surface area (Å²) in [4.78, 5) is 2.97. The van der Waals surface area contributed by atoms with Gasteiger partial charge in [-0.05, 0) is 39.8 Å². The molecule has 1 aromatic rings. The van der Waals surface area contributed by atoms with E-state index in [9.17, 15) is 0 Å². The van der Waals surface area contributed by atoms with Crippen molar-refractivity contribution < 1.29 is 9.31 Å². The van der Waals surface area contributed by atoms with Crippen molar-refractivity contribution in [2.45, 2.75) is 38.9 Å². The lowest BCUT2D eigenvalue weighted by molar-refractivity contribution is 0.00578. The fourth-order valence-corrected chi connectivity index (χ4v) is 1.58. The first-order chi connectivity index (χ1) is 7.36. The first-order valence-electron chi connectivity index (χ1n) is 5.30. The van der Waals surface area contributed by atoms with Crippen LogP contribution in [0.5, 0.6) is 0 Å². The Labute approximate surface area is 95.7 Å². The van der Waals surface area contributed by atoms with E-state index in [0.29, 0.717) is 5.69 Å². The van der Waals surface area contributed by atoms with Crippen LogP contribution in [0.1, 0.15) is 33.4 Å². The van der Waals surface area contributed by atoms with Crippen molar-refractivity contribution in [3.63, 3.8) is 0 Å². The minimum atomic E-state index is -0.424. The zero-order valence-electron chi connectivity index (χ0n) is 10.00. The van der Waals surface area contributed by atoms with Gasteiger partial charge in [-0.1, -0.05) is 0 Å². The normalized spacial score (nSPS) is 22.1. The first kappa shape index (κ1) is 11.2. The maximum atomic E-state index is 8.74. The maximum Gasteiger partial charge on any atom is 0.512 e. The summed E-state index contributed by atoms with van der Waals surface area (Å²) < 4.78 is 11.7. The van der Waals surface area contributed by atoms with Gasteiger partial charge in [0.05, 0.1) is 11.2 Å². The SMILES string of the molecule is CC1(C)OB(c2ccc(C#N)[nH]2)OC1(C)C. The van der Waals surface area contributed by atoms with Gasteiger partial charge < -0.3 is 14.3 Å². The smallest absolute Gasteiger partial charge is 0.398 e. The van der Waals surface area contributed by atoms with Crippen LogP contribution in [0.4, 0.5) is 0 Å². The van der Waals surface area contributed by atoms with Crippen molar-refractivity contribution in [1.82, 2.24) is 4.98 Å². The summed E-state index contributed by atoms with van der Waals surface area (Å²) >= 11 is 0. The highest BCUT2D eigenvalue weighted by molar-refractivity contribution is 6.61. The standard InChI is InChI=1S/C11H15BN2O2/c1-10(2)11(3,4)16-12(15-10)9-6-5-8(7-13)14-9/h5-6,14H,1-4H3. The Kier molecular flexibility index (Phi) is 2.37. The second kappa shape index (κ2) is 3.37. The van der Waals surface area contributed by atoms with E-state index in [1.54, 1.807) is 6.07 Å². The number of rotatable bonds is 1. The van der Waals surface area contributed by atoms with Crippen LogP contribution in [0, 0.1) is 11.3 Å².